The van der Waals surface area contributed by atoms with Gasteiger partial charge in [0.25, 0.3) is 0 Å². The van der Waals surface area contributed by atoms with E-state index in [1.807, 2.05) is 27.8 Å². The molecule has 0 unspecified atom stereocenters. The summed E-state index contributed by atoms with van der Waals surface area (Å²) in [6.07, 6.45) is 0. The van der Waals surface area contributed by atoms with Gasteiger partial charge in [-0.25, -0.2) is 0 Å². The molecule has 0 saturated carbocycles. The van der Waals surface area contributed by atoms with E-state index < -0.39 is 0 Å². The molecule has 6 nitrogen and oxygen atoms in total. The first-order valence-electron chi connectivity index (χ1n) is 8.44. The first-order valence-corrected chi connectivity index (χ1v) is 9.32. The minimum atomic E-state index is -0.347. The van der Waals surface area contributed by atoms with Crippen LogP contribution in [0.5, 0.6) is 0 Å². The highest BCUT2D eigenvalue weighted by atomic mass is 32.1. The van der Waals surface area contributed by atoms with E-state index >= 15 is 0 Å². The topological polar surface area (TPSA) is 60.0 Å². The number of nitrogens with one attached hydrogen (secondary N) is 2. The highest BCUT2D eigenvalue weighted by Gasteiger charge is 2.21. The molecule has 0 bridgehead atoms. The van der Waals surface area contributed by atoms with Crippen molar-refractivity contribution in [3.8, 4) is 0 Å². The standard InChI is InChI=1S/C17H29N5OS/c1-17(2,3)15(23)19-7-8-20-16(18-4)22-11-9-21(10-12-22)14-6-5-13-24-14/h5-6,13H,7-12H2,1-4H3,(H,18,20)(H,19,23). The summed E-state index contributed by atoms with van der Waals surface area (Å²) < 4.78 is 0. The Balaban J connectivity index is 1.72. The Kier molecular flexibility index (Phi) is 6.48. The summed E-state index contributed by atoms with van der Waals surface area (Å²) in [4.78, 5) is 20.9. The number of carbonyl (C=O) groups is 1. The highest BCUT2D eigenvalue weighted by molar-refractivity contribution is 7.14. The number of piperazine rings is 1. The molecule has 2 heterocycles. The second-order valence-electron chi connectivity index (χ2n) is 6.91. The van der Waals surface area contributed by atoms with Crippen LogP contribution in [0.3, 0.4) is 0 Å². The van der Waals surface area contributed by atoms with Crippen molar-refractivity contribution in [1.82, 2.24) is 15.5 Å². The third-order valence-corrected chi connectivity index (χ3v) is 4.91. The molecule has 2 N–H and O–H groups in total. The molecule has 1 aromatic rings. The Labute approximate surface area is 148 Å². The first kappa shape index (κ1) is 18.6. The molecule has 0 aliphatic carbocycles. The van der Waals surface area contributed by atoms with E-state index in [1.54, 1.807) is 11.3 Å². The summed E-state index contributed by atoms with van der Waals surface area (Å²) in [6, 6.07) is 4.27. The van der Waals surface area contributed by atoms with Crippen LogP contribution in [0, 0.1) is 5.41 Å². The van der Waals surface area contributed by atoms with Gasteiger partial charge in [0.05, 0.1) is 5.00 Å². The molecule has 1 saturated heterocycles. The molecule has 1 fully saturated rings. The zero-order chi connectivity index (χ0) is 17.6. The van der Waals surface area contributed by atoms with Crippen LogP contribution in [0.4, 0.5) is 5.00 Å². The molecule has 7 heteroatoms. The highest BCUT2D eigenvalue weighted by Crippen LogP contribution is 2.22. The second kappa shape index (κ2) is 8.37. The van der Waals surface area contributed by atoms with Crippen LogP contribution in [-0.2, 0) is 4.79 Å². The quantitative estimate of drug-likeness (QED) is 0.492. The van der Waals surface area contributed by atoms with Gasteiger partial charge in [0.1, 0.15) is 0 Å². The van der Waals surface area contributed by atoms with Crippen molar-refractivity contribution in [3.05, 3.63) is 17.5 Å². The van der Waals surface area contributed by atoms with Gasteiger partial charge in [0.2, 0.25) is 5.91 Å². The van der Waals surface area contributed by atoms with Crippen molar-refractivity contribution in [2.24, 2.45) is 10.4 Å². The van der Waals surface area contributed by atoms with Gasteiger partial charge in [-0.05, 0) is 17.5 Å². The van der Waals surface area contributed by atoms with Gasteiger partial charge < -0.3 is 20.4 Å². The van der Waals surface area contributed by atoms with Crippen molar-refractivity contribution in [2.75, 3.05) is 51.2 Å². The lowest BCUT2D eigenvalue weighted by molar-refractivity contribution is -0.128. The van der Waals surface area contributed by atoms with E-state index in [9.17, 15) is 4.79 Å². The Morgan fingerprint density at radius 3 is 2.42 bits per heavy atom. The predicted octanol–water partition coefficient (Wildman–Crippen LogP) is 1.61. The van der Waals surface area contributed by atoms with E-state index in [1.165, 1.54) is 5.00 Å². The molecule has 0 aromatic carbocycles. The average Bonchev–Trinajstić information content (AvgIpc) is 3.08. The van der Waals surface area contributed by atoms with Crippen LogP contribution in [0.2, 0.25) is 0 Å². The fraction of sp³-hybridized carbons (Fsp3) is 0.647. The van der Waals surface area contributed by atoms with Gasteiger partial charge in [-0.1, -0.05) is 20.8 Å². The van der Waals surface area contributed by atoms with Crippen molar-refractivity contribution >= 4 is 28.2 Å². The number of hydrogen-bond acceptors (Lipinski definition) is 4. The maximum Gasteiger partial charge on any atom is 0.225 e. The van der Waals surface area contributed by atoms with E-state index in [2.05, 4.69) is 42.9 Å². The van der Waals surface area contributed by atoms with E-state index in [0.29, 0.717) is 13.1 Å². The normalized spacial score (nSPS) is 16.2. The van der Waals surface area contributed by atoms with Crippen LogP contribution in [-0.4, -0.2) is 63.1 Å². The van der Waals surface area contributed by atoms with Gasteiger partial charge >= 0.3 is 0 Å². The maximum absolute atomic E-state index is 11.8. The number of thiophene rings is 1. The molecule has 0 atom stereocenters. The summed E-state index contributed by atoms with van der Waals surface area (Å²) in [5, 5.41) is 9.74. The molecule has 2 rings (SSSR count). The predicted molar refractivity (Wildman–Crippen MR) is 102 cm³/mol. The SMILES string of the molecule is CN=C(NCCNC(=O)C(C)(C)C)N1CCN(c2cccs2)CC1. The molecule has 0 spiro atoms. The number of aliphatic imine (C=N–C) groups is 1. The second-order valence-corrected chi connectivity index (χ2v) is 7.83. The van der Waals surface area contributed by atoms with E-state index in [-0.39, 0.29) is 11.3 Å². The number of guanidine groups is 1. The molecule has 1 aliphatic rings. The third kappa shape index (κ3) is 5.12. The van der Waals surface area contributed by atoms with E-state index in [4.69, 9.17) is 0 Å². The van der Waals surface area contributed by atoms with Crippen molar-refractivity contribution in [1.29, 1.82) is 0 Å². The monoisotopic (exact) mass is 351 g/mol. The van der Waals surface area contributed by atoms with Crippen LogP contribution in [0.25, 0.3) is 0 Å². The van der Waals surface area contributed by atoms with Gasteiger partial charge in [0, 0.05) is 51.7 Å². The zero-order valence-corrected chi connectivity index (χ0v) is 15.9. The Hall–Kier alpha value is -1.76. The first-order chi connectivity index (χ1) is 11.4. The maximum atomic E-state index is 11.8. The van der Waals surface area contributed by atoms with Gasteiger partial charge in [0.15, 0.2) is 5.96 Å². The average molecular weight is 352 g/mol. The molecular weight excluding hydrogens is 322 g/mol. The molecule has 134 valence electrons. The summed E-state index contributed by atoms with van der Waals surface area (Å²) >= 11 is 1.79. The summed E-state index contributed by atoms with van der Waals surface area (Å²) in [7, 11) is 1.81. The van der Waals surface area contributed by atoms with Crippen molar-refractivity contribution in [2.45, 2.75) is 20.8 Å². The lowest BCUT2D eigenvalue weighted by Gasteiger charge is -2.37. The van der Waals surface area contributed by atoms with Crippen LogP contribution >= 0.6 is 11.3 Å². The molecule has 1 aliphatic heterocycles. The number of carbonyl (C=O) groups excluding carboxylic acids is 1. The lowest BCUT2D eigenvalue weighted by Crippen LogP contribution is -2.53. The Morgan fingerprint density at radius 1 is 1.21 bits per heavy atom. The molecule has 1 aromatic heterocycles. The smallest absolute Gasteiger partial charge is 0.225 e. The number of hydrogen-bond donors (Lipinski definition) is 2. The van der Waals surface area contributed by atoms with Gasteiger partial charge in [-0.2, -0.15) is 0 Å². The number of rotatable bonds is 4. The van der Waals surface area contributed by atoms with Crippen molar-refractivity contribution < 1.29 is 4.79 Å². The minimum absolute atomic E-state index is 0.0730. The van der Waals surface area contributed by atoms with E-state index in [0.717, 1.165) is 32.1 Å². The zero-order valence-electron chi connectivity index (χ0n) is 15.1. The third-order valence-electron chi connectivity index (χ3n) is 3.98. The van der Waals surface area contributed by atoms with Crippen LogP contribution < -0.4 is 15.5 Å². The van der Waals surface area contributed by atoms with Crippen LogP contribution in [0.15, 0.2) is 22.5 Å². The molecule has 0 radical (unpaired) electrons. The fourth-order valence-corrected chi connectivity index (χ4v) is 3.32. The fourth-order valence-electron chi connectivity index (χ4n) is 2.54. The molecular formula is C17H29N5OS. The number of anilines is 1. The Morgan fingerprint density at radius 2 is 1.88 bits per heavy atom. The molecule has 24 heavy (non-hydrogen) atoms. The summed E-state index contributed by atoms with van der Waals surface area (Å²) in [5.41, 5.74) is -0.347. The summed E-state index contributed by atoms with van der Waals surface area (Å²) in [6.45, 7) is 10.9. The van der Waals surface area contributed by atoms with Gasteiger partial charge in [-0.15, -0.1) is 11.3 Å². The minimum Gasteiger partial charge on any atom is -0.360 e. The van der Waals surface area contributed by atoms with Crippen molar-refractivity contribution in [3.63, 3.8) is 0 Å². The Bertz CT molecular complexity index is 542. The lowest BCUT2D eigenvalue weighted by atomic mass is 9.96. The summed E-state index contributed by atoms with van der Waals surface area (Å²) in [5.74, 6) is 0.981. The largest absolute Gasteiger partial charge is 0.360 e. The number of amides is 1. The van der Waals surface area contributed by atoms with Crippen LogP contribution in [0.1, 0.15) is 20.8 Å². The van der Waals surface area contributed by atoms with Gasteiger partial charge in [-0.3, -0.25) is 9.79 Å². The number of nitrogens with zero attached hydrogens (tertiary/aromatic N) is 3. The molecule has 1 amide bonds.